The van der Waals surface area contributed by atoms with E-state index in [1.165, 1.54) is 0 Å². The third-order valence-electron chi connectivity index (χ3n) is 2.72. The maximum Gasteiger partial charge on any atom is 0.120 e. The second-order valence-corrected chi connectivity index (χ2v) is 3.78. The number of rotatable bonds is 3. The minimum absolute atomic E-state index is 0.408. The largest absolute Gasteiger partial charge is 0.508 e. The van der Waals surface area contributed by atoms with Crippen molar-refractivity contribution in [1.29, 1.82) is 0 Å². The second kappa shape index (κ2) is 3.88. The van der Waals surface area contributed by atoms with Gasteiger partial charge in [-0.25, -0.2) is 0 Å². The third-order valence-corrected chi connectivity index (χ3v) is 2.72. The topological polar surface area (TPSA) is 58.3 Å². The first-order valence-electron chi connectivity index (χ1n) is 5.08. The van der Waals surface area contributed by atoms with E-state index in [1.54, 1.807) is 6.07 Å². The standard InChI is InChI=1S/C11H16N2O/c12-6-2-3-8-7-9-10(13-8)4-1-5-11(9)14/h1,4-5,8,13-14H,2-3,6-7,12H2. The van der Waals surface area contributed by atoms with Gasteiger partial charge in [0, 0.05) is 17.3 Å². The van der Waals surface area contributed by atoms with Gasteiger partial charge in [0.05, 0.1) is 0 Å². The summed E-state index contributed by atoms with van der Waals surface area (Å²) in [6.07, 6.45) is 3.03. The molecule has 1 aromatic carbocycles. The Bertz CT molecular complexity index is 325. The molecular formula is C11H16N2O. The Balaban J connectivity index is 2.06. The van der Waals surface area contributed by atoms with Crippen LogP contribution in [-0.4, -0.2) is 17.7 Å². The third kappa shape index (κ3) is 1.68. The van der Waals surface area contributed by atoms with Crippen LogP contribution in [0.15, 0.2) is 18.2 Å². The molecule has 3 heteroatoms. The van der Waals surface area contributed by atoms with Crippen LogP contribution in [0.1, 0.15) is 18.4 Å². The summed E-state index contributed by atoms with van der Waals surface area (Å²) >= 11 is 0. The SMILES string of the molecule is NCCCC1Cc2c(O)cccc2N1. The maximum atomic E-state index is 9.61. The van der Waals surface area contributed by atoms with Gasteiger partial charge in [-0.3, -0.25) is 0 Å². The first-order valence-corrected chi connectivity index (χ1v) is 5.08. The molecule has 0 saturated carbocycles. The van der Waals surface area contributed by atoms with Crippen molar-refractivity contribution >= 4 is 5.69 Å². The average Bonchev–Trinajstić information content (AvgIpc) is 2.59. The molecule has 4 N–H and O–H groups in total. The molecule has 0 radical (unpaired) electrons. The van der Waals surface area contributed by atoms with Crippen molar-refractivity contribution in [3.63, 3.8) is 0 Å². The van der Waals surface area contributed by atoms with E-state index >= 15 is 0 Å². The van der Waals surface area contributed by atoms with E-state index in [-0.39, 0.29) is 0 Å². The molecule has 0 saturated heterocycles. The molecule has 1 unspecified atom stereocenters. The Morgan fingerprint density at radius 3 is 3.07 bits per heavy atom. The molecule has 0 aliphatic carbocycles. The van der Waals surface area contributed by atoms with Crippen molar-refractivity contribution in [3.8, 4) is 5.75 Å². The Labute approximate surface area is 83.9 Å². The predicted octanol–water partition coefficient (Wildman–Crippen LogP) is 1.47. The first kappa shape index (κ1) is 9.34. The Kier molecular flexibility index (Phi) is 2.59. The van der Waals surface area contributed by atoms with E-state index < -0.39 is 0 Å². The van der Waals surface area contributed by atoms with Crippen molar-refractivity contribution in [2.45, 2.75) is 25.3 Å². The fourth-order valence-electron chi connectivity index (χ4n) is 1.98. The van der Waals surface area contributed by atoms with E-state index in [9.17, 15) is 5.11 Å². The molecule has 1 heterocycles. The summed E-state index contributed by atoms with van der Waals surface area (Å²) in [7, 11) is 0. The van der Waals surface area contributed by atoms with Gasteiger partial charge in [-0.2, -0.15) is 0 Å². The van der Waals surface area contributed by atoms with Crippen LogP contribution >= 0.6 is 0 Å². The predicted molar refractivity (Wildman–Crippen MR) is 57.5 cm³/mol. The highest BCUT2D eigenvalue weighted by molar-refractivity contribution is 5.61. The van der Waals surface area contributed by atoms with E-state index in [2.05, 4.69) is 5.32 Å². The van der Waals surface area contributed by atoms with Gasteiger partial charge in [0.25, 0.3) is 0 Å². The number of benzene rings is 1. The molecule has 1 atom stereocenters. The van der Waals surface area contributed by atoms with Crippen LogP contribution in [0.3, 0.4) is 0 Å². The highest BCUT2D eigenvalue weighted by Crippen LogP contribution is 2.33. The second-order valence-electron chi connectivity index (χ2n) is 3.78. The van der Waals surface area contributed by atoms with Crippen LogP contribution in [0.2, 0.25) is 0 Å². The molecule has 3 nitrogen and oxygen atoms in total. The quantitative estimate of drug-likeness (QED) is 0.679. The smallest absolute Gasteiger partial charge is 0.120 e. The lowest BCUT2D eigenvalue weighted by Crippen LogP contribution is -2.16. The first-order chi connectivity index (χ1) is 6.81. The lowest BCUT2D eigenvalue weighted by molar-refractivity contribution is 0.468. The van der Waals surface area contributed by atoms with Gasteiger partial charge in [0.1, 0.15) is 5.75 Å². The summed E-state index contributed by atoms with van der Waals surface area (Å²) < 4.78 is 0. The maximum absolute atomic E-state index is 9.61. The van der Waals surface area contributed by atoms with Crippen molar-refractivity contribution < 1.29 is 5.11 Å². The summed E-state index contributed by atoms with van der Waals surface area (Å²) in [5.41, 5.74) is 7.59. The Morgan fingerprint density at radius 2 is 2.36 bits per heavy atom. The lowest BCUT2D eigenvalue weighted by atomic mass is 10.1. The van der Waals surface area contributed by atoms with Crippen LogP contribution in [-0.2, 0) is 6.42 Å². The van der Waals surface area contributed by atoms with E-state index in [0.717, 1.165) is 37.1 Å². The molecule has 76 valence electrons. The molecule has 0 fully saturated rings. The number of phenolic OH excluding ortho intramolecular Hbond substituents is 1. The summed E-state index contributed by atoms with van der Waals surface area (Å²) in [6, 6.07) is 6.07. The number of aromatic hydroxyl groups is 1. The van der Waals surface area contributed by atoms with Gasteiger partial charge in [-0.1, -0.05) is 6.07 Å². The molecule has 0 bridgehead atoms. The number of hydrogen-bond acceptors (Lipinski definition) is 3. The zero-order valence-corrected chi connectivity index (χ0v) is 8.16. The van der Waals surface area contributed by atoms with Crippen molar-refractivity contribution in [2.75, 3.05) is 11.9 Å². The molecule has 0 aromatic heterocycles. The fourth-order valence-corrected chi connectivity index (χ4v) is 1.98. The lowest BCUT2D eigenvalue weighted by Gasteiger charge is -2.09. The number of fused-ring (bicyclic) bond motifs is 1. The molecule has 0 amide bonds. The van der Waals surface area contributed by atoms with E-state index in [4.69, 9.17) is 5.73 Å². The number of anilines is 1. The highest BCUT2D eigenvalue weighted by atomic mass is 16.3. The van der Waals surface area contributed by atoms with E-state index in [1.807, 2.05) is 12.1 Å². The summed E-state index contributed by atoms with van der Waals surface area (Å²) in [5.74, 6) is 0.408. The normalized spacial score (nSPS) is 19.1. The summed E-state index contributed by atoms with van der Waals surface area (Å²) in [6.45, 7) is 0.737. The monoisotopic (exact) mass is 192 g/mol. The number of nitrogens with two attached hydrogens (primary N) is 1. The molecule has 0 spiro atoms. The zero-order chi connectivity index (χ0) is 9.97. The van der Waals surface area contributed by atoms with Gasteiger partial charge in [0.15, 0.2) is 0 Å². The van der Waals surface area contributed by atoms with Crippen molar-refractivity contribution in [3.05, 3.63) is 23.8 Å². The van der Waals surface area contributed by atoms with Crippen LogP contribution in [0.4, 0.5) is 5.69 Å². The molecule has 2 rings (SSSR count). The molecule has 1 aromatic rings. The minimum atomic E-state index is 0.408. The van der Waals surface area contributed by atoms with Gasteiger partial charge in [-0.05, 0) is 37.9 Å². The van der Waals surface area contributed by atoms with Crippen LogP contribution in [0.5, 0.6) is 5.75 Å². The van der Waals surface area contributed by atoms with E-state index in [0.29, 0.717) is 11.8 Å². The number of phenols is 1. The van der Waals surface area contributed by atoms with Crippen molar-refractivity contribution in [2.24, 2.45) is 5.73 Å². The van der Waals surface area contributed by atoms with Crippen molar-refractivity contribution in [1.82, 2.24) is 0 Å². The van der Waals surface area contributed by atoms with Gasteiger partial charge >= 0.3 is 0 Å². The molecule has 1 aliphatic rings. The van der Waals surface area contributed by atoms with Crippen LogP contribution in [0.25, 0.3) is 0 Å². The Hall–Kier alpha value is -1.22. The zero-order valence-electron chi connectivity index (χ0n) is 8.16. The Morgan fingerprint density at radius 1 is 1.50 bits per heavy atom. The van der Waals surface area contributed by atoms with Crippen LogP contribution < -0.4 is 11.1 Å². The fraction of sp³-hybridized carbons (Fsp3) is 0.455. The van der Waals surface area contributed by atoms with Gasteiger partial charge in [-0.15, -0.1) is 0 Å². The molecule has 1 aliphatic heterocycles. The summed E-state index contributed by atoms with van der Waals surface area (Å²) in [4.78, 5) is 0. The molecular weight excluding hydrogens is 176 g/mol. The highest BCUT2D eigenvalue weighted by Gasteiger charge is 2.21. The van der Waals surface area contributed by atoms with Gasteiger partial charge < -0.3 is 16.2 Å². The summed E-state index contributed by atoms with van der Waals surface area (Å²) in [5, 5.41) is 13.0. The van der Waals surface area contributed by atoms with Crippen LogP contribution in [0, 0.1) is 0 Å². The number of hydrogen-bond donors (Lipinski definition) is 3. The number of nitrogens with one attached hydrogen (secondary N) is 1. The van der Waals surface area contributed by atoms with Gasteiger partial charge in [0.2, 0.25) is 0 Å². The average molecular weight is 192 g/mol. The minimum Gasteiger partial charge on any atom is -0.508 e. The molecule has 14 heavy (non-hydrogen) atoms.